The maximum Gasteiger partial charge on any atom is 0.191 e. The van der Waals surface area contributed by atoms with Crippen LogP contribution in [0.1, 0.15) is 46.0 Å². The molecule has 0 aromatic carbocycles. The largest absolute Gasteiger partial charge is 0.356 e. The van der Waals surface area contributed by atoms with Gasteiger partial charge in [0.25, 0.3) is 0 Å². The van der Waals surface area contributed by atoms with Crippen molar-refractivity contribution < 1.29 is 0 Å². The molecule has 1 rings (SSSR count). The van der Waals surface area contributed by atoms with E-state index in [2.05, 4.69) is 46.3 Å². The van der Waals surface area contributed by atoms with Crippen LogP contribution in [0.3, 0.4) is 0 Å². The molecule has 0 aromatic rings. The van der Waals surface area contributed by atoms with Crippen molar-refractivity contribution in [3.63, 3.8) is 0 Å². The number of likely N-dealkylation sites (N-methyl/N-ethyl adjacent to an activating group) is 1. The van der Waals surface area contributed by atoms with Crippen molar-refractivity contribution in [2.24, 2.45) is 10.9 Å². The monoisotopic (exact) mass is 453 g/mol. The molecule has 1 fully saturated rings. The van der Waals surface area contributed by atoms with Crippen molar-refractivity contribution in [2.45, 2.75) is 46.0 Å². The number of halogens is 1. The average molecular weight is 453 g/mol. The topological polar surface area (TPSA) is 42.9 Å². The molecular weight excluding hydrogens is 413 g/mol. The van der Waals surface area contributed by atoms with Gasteiger partial charge in [0, 0.05) is 39.8 Å². The van der Waals surface area contributed by atoms with E-state index in [1.165, 1.54) is 58.3 Å². The van der Waals surface area contributed by atoms with Gasteiger partial charge in [-0.1, -0.05) is 33.1 Å². The van der Waals surface area contributed by atoms with Gasteiger partial charge < -0.3 is 20.4 Å². The second-order valence-electron chi connectivity index (χ2n) is 6.79. The van der Waals surface area contributed by atoms with Gasteiger partial charge in [0.1, 0.15) is 0 Å². The number of guanidine groups is 1. The molecule has 0 spiro atoms. The van der Waals surface area contributed by atoms with Gasteiger partial charge in [0.2, 0.25) is 0 Å². The van der Waals surface area contributed by atoms with Crippen LogP contribution in [0.25, 0.3) is 0 Å². The van der Waals surface area contributed by atoms with Crippen LogP contribution in [0.5, 0.6) is 0 Å². The normalized spacial score (nSPS) is 18.6. The zero-order chi connectivity index (χ0) is 16.9. The summed E-state index contributed by atoms with van der Waals surface area (Å²) in [5.74, 6) is 1.71. The second kappa shape index (κ2) is 15.2. The van der Waals surface area contributed by atoms with Gasteiger partial charge in [0.15, 0.2) is 5.96 Å². The third-order valence-electron chi connectivity index (χ3n) is 4.86. The molecule has 0 aliphatic carbocycles. The predicted octanol–water partition coefficient (Wildman–Crippen LogP) is 2.62. The quantitative estimate of drug-likeness (QED) is 0.320. The molecule has 0 amide bonds. The van der Waals surface area contributed by atoms with Gasteiger partial charge in [0.05, 0.1) is 0 Å². The lowest BCUT2D eigenvalue weighted by Gasteiger charge is -2.22. The number of hydrogen-bond donors (Lipinski definition) is 2. The summed E-state index contributed by atoms with van der Waals surface area (Å²) in [4.78, 5) is 9.34. The van der Waals surface area contributed by atoms with Crippen LogP contribution in [-0.2, 0) is 0 Å². The Morgan fingerprint density at radius 2 is 1.92 bits per heavy atom. The third-order valence-corrected chi connectivity index (χ3v) is 4.86. The summed E-state index contributed by atoms with van der Waals surface area (Å²) >= 11 is 0. The average Bonchev–Trinajstić information content (AvgIpc) is 2.77. The fourth-order valence-electron chi connectivity index (χ4n) is 3.06. The van der Waals surface area contributed by atoms with Crippen molar-refractivity contribution >= 4 is 29.9 Å². The fraction of sp³-hybridized carbons (Fsp3) is 0.944. The maximum absolute atomic E-state index is 4.36. The molecule has 0 aromatic heterocycles. The van der Waals surface area contributed by atoms with E-state index in [1.807, 2.05) is 7.05 Å². The second-order valence-corrected chi connectivity index (χ2v) is 6.79. The Morgan fingerprint density at radius 3 is 2.58 bits per heavy atom. The van der Waals surface area contributed by atoms with Crippen LogP contribution in [0.4, 0.5) is 0 Å². The zero-order valence-corrected chi connectivity index (χ0v) is 18.6. The highest BCUT2D eigenvalue weighted by atomic mass is 127. The van der Waals surface area contributed by atoms with Gasteiger partial charge in [-0.3, -0.25) is 4.99 Å². The van der Waals surface area contributed by atoms with Crippen molar-refractivity contribution in [2.75, 3.05) is 59.9 Å². The molecule has 144 valence electrons. The predicted molar refractivity (Wildman–Crippen MR) is 117 cm³/mol. The Morgan fingerprint density at radius 1 is 1.12 bits per heavy atom. The minimum absolute atomic E-state index is 0. The summed E-state index contributed by atoms with van der Waals surface area (Å²) in [7, 11) is 4.08. The Labute approximate surface area is 167 Å². The van der Waals surface area contributed by atoms with Crippen molar-refractivity contribution in [1.82, 2.24) is 20.4 Å². The van der Waals surface area contributed by atoms with E-state index in [1.54, 1.807) is 0 Å². The highest BCUT2D eigenvalue weighted by Gasteiger charge is 2.12. The molecule has 1 atom stereocenters. The van der Waals surface area contributed by atoms with Crippen LogP contribution in [-0.4, -0.2) is 75.7 Å². The van der Waals surface area contributed by atoms with E-state index >= 15 is 0 Å². The SMILES string of the molecule is CCCCC(CC)CNC(=NC)NCCN1CCCN(C)CC1.I. The molecule has 6 heteroatoms. The zero-order valence-electron chi connectivity index (χ0n) is 16.3. The number of unbranched alkanes of at least 4 members (excludes halogenated alkanes) is 1. The van der Waals surface area contributed by atoms with E-state index in [4.69, 9.17) is 0 Å². The van der Waals surface area contributed by atoms with E-state index in [0.717, 1.165) is 31.5 Å². The fourth-order valence-corrected chi connectivity index (χ4v) is 3.06. The smallest absolute Gasteiger partial charge is 0.191 e. The molecule has 1 unspecified atom stereocenters. The van der Waals surface area contributed by atoms with Gasteiger partial charge in [-0.2, -0.15) is 0 Å². The number of nitrogens with one attached hydrogen (secondary N) is 2. The van der Waals surface area contributed by atoms with Crippen LogP contribution in [0.2, 0.25) is 0 Å². The van der Waals surface area contributed by atoms with Gasteiger partial charge in [-0.05, 0) is 38.9 Å². The molecule has 0 radical (unpaired) electrons. The summed E-state index contributed by atoms with van der Waals surface area (Å²) in [5.41, 5.74) is 0. The molecule has 2 N–H and O–H groups in total. The minimum Gasteiger partial charge on any atom is -0.356 e. The van der Waals surface area contributed by atoms with Crippen molar-refractivity contribution in [1.29, 1.82) is 0 Å². The van der Waals surface area contributed by atoms with Crippen LogP contribution in [0, 0.1) is 5.92 Å². The summed E-state index contributed by atoms with van der Waals surface area (Å²) in [5, 5.41) is 6.97. The Kier molecular flexibility index (Phi) is 15.1. The number of hydrogen-bond acceptors (Lipinski definition) is 3. The number of rotatable bonds is 9. The van der Waals surface area contributed by atoms with Crippen LogP contribution < -0.4 is 10.6 Å². The molecule has 5 nitrogen and oxygen atoms in total. The van der Waals surface area contributed by atoms with Gasteiger partial charge in [-0.25, -0.2) is 0 Å². The Balaban J connectivity index is 0.00000529. The van der Waals surface area contributed by atoms with E-state index < -0.39 is 0 Å². The molecular formula is C18H40IN5. The first-order valence-electron chi connectivity index (χ1n) is 9.55. The summed E-state index contributed by atoms with van der Waals surface area (Å²) < 4.78 is 0. The lowest BCUT2D eigenvalue weighted by Crippen LogP contribution is -2.43. The summed E-state index contributed by atoms with van der Waals surface area (Å²) in [6, 6.07) is 0. The van der Waals surface area contributed by atoms with Gasteiger partial charge >= 0.3 is 0 Å². The summed E-state index contributed by atoms with van der Waals surface area (Å²) in [6.45, 7) is 12.5. The maximum atomic E-state index is 4.36. The first-order valence-corrected chi connectivity index (χ1v) is 9.55. The lowest BCUT2D eigenvalue weighted by atomic mass is 9.99. The lowest BCUT2D eigenvalue weighted by molar-refractivity contribution is 0.280. The molecule has 1 saturated heterocycles. The summed E-state index contributed by atoms with van der Waals surface area (Å²) in [6.07, 6.45) is 6.45. The Hall–Kier alpha value is -0.0800. The van der Waals surface area contributed by atoms with Crippen LogP contribution in [0.15, 0.2) is 4.99 Å². The minimum atomic E-state index is 0. The molecule has 0 bridgehead atoms. The molecule has 1 aliphatic rings. The highest BCUT2D eigenvalue weighted by molar-refractivity contribution is 14.0. The Bertz CT molecular complexity index is 325. The third kappa shape index (κ3) is 10.7. The van der Waals surface area contributed by atoms with Crippen molar-refractivity contribution in [3.05, 3.63) is 0 Å². The number of aliphatic imine (C=N–C) groups is 1. The first-order chi connectivity index (χ1) is 11.2. The van der Waals surface area contributed by atoms with E-state index in [-0.39, 0.29) is 24.0 Å². The first kappa shape index (κ1) is 23.9. The molecule has 1 aliphatic heterocycles. The van der Waals surface area contributed by atoms with Crippen molar-refractivity contribution in [3.8, 4) is 0 Å². The molecule has 0 saturated carbocycles. The van der Waals surface area contributed by atoms with E-state index in [0.29, 0.717) is 0 Å². The van der Waals surface area contributed by atoms with Gasteiger partial charge in [-0.15, -0.1) is 24.0 Å². The highest BCUT2D eigenvalue weighted by Crippen LogP contribution is 2.10. The van der Waals surface area contributed by atoms with E-state index in [9.17, 15) is 0 Å². The number of nitrogens with zero attached hydrogens (tertiary/aromatic N) is 3. The van der Waals surface area contributed by atoms with Crippen LogP contribution >= 0.6 is 24.0 Å². The molecule has 24 heavy (non-hydrogen) atoms. The standard InChI is InChI=1S/C18H39N5.HI/c1-5-7-9-17(6-2)16-21-18(19-3)20-10-13-23-12-8-11-22(4)14-15-23;/h17H,5-16H2,1-4H3,(H2,19,20,21);1H. The molecule has 1 heterocycles.